The number of carbonyl (C=O) groups excluding carboxylic acids is 1. The molecule has 0 spiro atoms. The maximum absolute atomic E-state index is 11.7. The van der Waals surface area contributed by atoms with E-state index in [0.717, 1.165) is 18.4 Å². The molecule has 76 valence electrons. The van der Waals surface area contributed by atoms with Crippen LogP contribution in [0.15, 0.2) is 0 Å². The van der Waals surface area contributed by atoms with E-state index in [2.05, 4.69) is 22.9 Å². The molecule has 1 aliphatic rings. The maximum Gasteiger partial charge on any atom is 0.238 e. The van der Waals surface area contributed by atoms with Gasteiger partial charge in [-0.1, -0.05) is 22.9 Å². The molecule has 0 N–H and O–H groups in total. The van der Waals surface area contributed by atoms with Crippen molar-refractivity contribution in [2.45, 2.75) is 31.5 Å². The zero-order valence-corrected chi connectivity index (χ0v) is 10.4. The Balaban J connectivity index is 2.39. The van der Waals surface area contributed by atoms with E-state index >= 15 is 0 Å². The summed E-state index contributed by atoms with van der Waals surface area (Å²) in [6.07, 6.45) is 1.28. The Morgan fingerprint density at radius 2 is 2.08 bits per heavy atom. The van der Waals surface area contributed by atoms with Crippen LogP contribution in [0.25, 0.3) is 0 Å². The van der Waals surface area contributed by atoms with Gasteiger partial charge in [0.2, 0.25) is 5.91 Å². The molecule has 13 heavy (non-hydrogen) atoms. The van der Waals surface area contributed by atoms with E-state index < -0.39 is 4.32 Å². The average Bonchev–Trinajstić information content (AvgIpc) is 2.63. The first-order valence-electron chi connectivity index (χ1n) is 4.77. The van der Waals surface area contributed by atoms with E-state index in [0.29, 0.717) is 0 Å². The summed E-state index contributed by atoms with van der Waals surface area (Å²) >= 11 is 3.38. The number of nitrogens with zero attached hydrogens (tertiary/aromatic N) is 1. The van der Waals surface area contributed by atoms with E-state index in [-0.39, 0.29) is 5.91 Å². The zero-order chi connectivity index (χ0) is 10.2. The minimum atomic E-state index is -0.417. The average molecular weight is 248 g/mol. The summed E-state index contributed by atoms with van der Waals surface area (Å²) in [5.74, 6) is 1.73. The second-order valence-corrected chi connectivity index (χ2v) is 6.61. The van der Waals surface area contributed by atoms with Gasteiger partial charge in [-0.05, 0) is 32.1 Å². The fraction of sp³-hybridized carbons (Fsp3) is 0.900. The Morgan fingerprint density at radius 1 is 1.62 bits per heavy atom. The third-order valence-corrected chi connectivity index (χ3v) is 2.98. The molecule has 0 bridgehead atoms. The van der Waals surface area contributed by atoms with Gasteiger partial charge in [-0.2, -0.15) is 0 Å². The molecular weight excluding hydrogens is 230 g/mol. The Kier molecular flexibility index (Phi) is 3.05. The van der Waals surface area contributed by atoms with Gasteiger partial charge in [-0.15, -0.1) is 0 Å². The van der Waals surface area contributed by atoms with Crippen LogP contribution in [0.2, 0.25) is 0 Å². The predicted molar refractivity (Wildman–Crippen MR) is 57.9 cm³/mol. The van der Waals surface area contributed by atoms with Gasteiger partial charge >= 0.3 is 0 Å². The van der Waals surface area contributed by atoms with Crippen LogP contribution >= 0.6 is 15.9 Å². The first kappa shape index (κ1) is 11.0. The van der Waals surface area contributed by atoms with Gasteiger partial charge in [0.25, 0.3) is 0 Å². The third kappa shape index (κ3) is 2.97. The lowest BCUT2D eigenvalue weighted by atomic mass is 10.2. The molecule has 0 radical (unpaired) electrons. The molecule has 0 aromatic carbocycles. The van der Waals surface area contributed by atoms with E-state index in [9.17, 15) is 4.79 Å². The monoisotopic (exact) mass is 247 g/mol. The predicted octanol–water partition coefficient (Wildman–Crippen LogP) is 2.27. The summed E-state index contributed by atoms with van der Waals surface area (Å²) in [6.45, 7) is 6.93. The Hall–Kier alpha value is -0.0500. The van der Waals surface area contributed by atoms with Gasteiger partial charge in [0.05, 0.1) is 4.32 Å². The summed E-state index contributed by atoms with van der Waals surface area (Å²) in [4.78, 5) is 13.5. The molecule has 1 saturated carbocycles. The minimum absolute atomic E-state index is 0.173. The summed E-state index contributed by atoms with van der Waals surface area (Å²) in [7, 11) is 1.89. The lowest BCUT2D eigenvalue weighted by molar-refractivity contribution is -0.131. The van der Waals surface area contributed by atoms with Gasteiger partial charge in [-0.25, -0.2) is 0 Å². The smallest absolute Gasteiger partial charge is 0.238 e. The molecule has 0 aromatic heterocycles. The topological polar surface area (TPSA) is 20.3 Å². The van der Waals surface area contributed by atoms with Crippen LogP contribution in [0, 0.1) is 11.8 Å². The van der Waals surface area contributed by atoms with Crippen molar-refractivity contribution in [3.63, 3.8) is 0 Å². The molecule has 1 amide bonds. The first-order valence-corrected chi connectivity index (χ1v) is 5.56. The summed E-state index contributed by atoms with van der Waals surface area (Å²) in [5, 5.41) is 0. The normalized spacial score (nSPS) is 27.2. The van der Waals surface area contributed by atoms with Crippen molar-refractivity contribution >= 4 is 21.8 Å². The van der Waals surface area contributed by atoms with Crippen LogP contribution in [0.4, 0.5) is 0 Å². The maximum atomic E-state index is 11.7. The molecule has 1 aliphatic carbocycles. The van der Waals surface area contributed by atoms with Gasteiger partial charge in [0.15, 0.2) is 0 Å². The van der Waals surface area contributed by atoms with Crippen LogP contribution in [0.3, 0.4) is 0 Å². The van der Waals surface area contributed by atoms with Gasteiger partial charge < -0.3 is 4.90 Å². The number of hydrogen-bond donors (Lipinski definition) is 0. The molecule has 1 fully saturated rings. The molecule has 0 heterocycles. The zero-order valence-electron chi connectivity index (χ0n) is 8.80. The highest BCUT2D eigenvalue weighted by molar-refractivity contribution is 9.10. The fourth-order valence-corrected chi connectivity index (χ4v) is 1.84. The molecule has 2 atom stereocenters. The molecule has 1 rings (SSSR count). The molecule has 2 unspecified atom stereocenters. The Bertz CT molecular complexity index is 209. The number of carbonyl (C=O) groups is 1. The quantitative estimate of drug-likeness (QED) is 0.701. The SMILES string of the molecule is CC1CC1CN(C)C(=O)C(C)(C)Br. The van der Waals surface area contributed by atoms with Crippen LogP contribution in [-0.2, 0) is 4.79 Å². The van der Waals surface area contributed by atoms with Crippen molar-refractivity contribution in [2.24, 2.45) is 11.8 Å². The number of amides is 1. The van der Waals surface area contributed by atoms with Crippen LogP contribution in [0.5, 0.6) is 0 Å². The number of alkyl halides is 1. The molecule has 0 saturated heterocycles. The van der Waals surface area contributed by atoms with Gasteiger partial charge in [0.1, 0.15) is 0 Å². The number of rotatable bonds is 3. The highest BCUT2D eigenvalue weighted by Gasteiger charge is 2.36. The number of halogens is 1. The molecule has 2 nitrogen and oxygen atoms in total. The Morgan fingerprint density at radius 3 is 2.38 bits per heavy atom. The molecular formula is C10H18BrNO. The number of hydrogen-bond acceptors (Lipinski definition) is 1. The van der Waals surface area contributed by atoms with Crippen molar-refractivity contribution in [3.8, 4) is 0 Å². The standard InChI is InChI=1S/C10H18BrNO/c1-7-5-8(7)6-12(4)9(13)10(2,3)11/h7-8H,5-6H2,1-4H3. The lowest BCUT2D eigenvalue weighted by Crippen LogP contribution is -2.40. The van der Waals surface area contributed by atoms with Crippen molar-refractivity contribution in [3.05, 3.63) is 0 Å². The third-order valence-electron chi connectivity index (χ3n) is 2.64. The lowest BCUT2D eigenvalue weighted by Gasteiger charge is -2.24. The van der Waals surface area contributed by atoms with Gasteiger partial charge in [0, 0.05) is 13.6 Å². The van der Waals surface area contributed by atoms with Crippen LogP contribution in [-0.4, -0.2) is 28.7 Å². The van der Waals surface area contributed by atoms with E-state index in [4.69, 9.17) is 0 Å². The highest BCUT2D eigenvalue weighted by Crippen LogP contribution is 2.38. The van der Waals surface area contributed by atoms with E-state index in [1.54, 1.807) is 0 Å². The summed E-state index contributed by atoms with van der Waals surface area (Å²) in [6, 6.07) is 0. The Labute approximate surface area is 88.8 Å². The molecule has 3 heteroatoms. The van der Waals surface area contributed by atoms with Crippen LogP contribution < -0.4 is 0 Å². The van der Waals surface area contributed by atoms with Crippen LogP contribution in [0.1, 0.15) is 27.2 Å². The second-order valence-electron chi connectivity index (χ2n) is 4.63. The van der Waals surface area contributed by atoms with Crippen molar-refractivity contribution < 1.29 is 4.79 Å². The first-order chi connectivity index (χ1) is 5.82. The fourth-order valence-electron chi connectivity index (χ4n) is 1.54. The molecule has 0 aromatic rings. The van der Waals surface area contributed by atoms with E-state index in [1.165, 1.54) is 6.42 Å². The summed E-state index contributed by atoms with van der Waals surface area (Å²) in [5.41, 5.74) is 0. The van der Waals surface area contributed by atoms with Crippen molar-refractivity contribution in [2.75, 3.05) is 13.6 Å². The highest BCUT2D eigenvalue weighted by atomic mass is 79.9. The van der Waals surface area contributed by atoms with Gasteiger partial charge in [-0.3, -0.25) is 4.79 Å². The summed E-state index contributed by atoms with van der Waals surface area (Å²) < 4.78 is -0.417. The van der Waals surface area contributed by atoms with E-state index in [1.807, 2.05) is 25.8 Å². The second kappa shape index (κ2) is 3.60. The van der Waals surface area contributed by atoms with Crippen molar-refractivity contribution in [1.29, 1.82) is 0 Å². The molecule has 0 aliphatic heterocycles. The van der Waals surface area contributed by atoms with Crippen molar-refractivity contribution in [1.82, 2.24) is 4.90 Å². The largest absolute Gasteiger partial charge is 0.344 e. The minimum Gasteiger partial charge on any atom is -0.344 e.